The molecule has 0 aromatic heterocycles. The van der Waals surface area contributed by atoms with E-state index in [4.69, 9.17) is 9.84 Å². The Hall–Kier alpha value is -0.0800. The third kappa shape index (κ3) is 2.80. The molecular formula is C9H18O2. The van der Waals surface area contributed by atoms with Crippen molar-refractivity contribution >= 4 is 0 Å². The Labute approximate surface area is 68.6 Å². The Balaban J connectivity index is 2.12. The molecule has 2 atom stereocenters. The topological polar surface area (TPSA) is 29.5 Å². The SMILES string of the molecule is CC(CCCO)C1CCOC1. The lowest BCUT2D eigenvalue weighted by Crippen LogP contribution is -2.11. The van der Waals surface area contributed by atoms with Gasteiger partial charge in [-0.05, 0) is 31.1 Å². The molecule has 2 heteroatoms. The molecule has 1 aliphatic rings. The minimum absolute atomic E-state index is 0.331. The molecule has 66 valence electrons. The van der Waals surface area contributed by atoms with Gasteiger partial charge >= 0.3 is 0 Å². The van der Waals surface area contributed by atoms with E-state index in [1.807, 2.05) is 0 Å². The van der Waals surface area contributed by atoms with Crippen molar-refractivity contribution in [2.75, 3.05) is 19.8 Å². The first-order valence-corrected chi connectivity index (χ1v) is 4.53. The predicted octanol–water partition coefficient (Wildman–Crippen LogP) is 1.43. The van der Waals surface area contributed by atoms with Gasteiger partial charge in [-0.3, -0.25) is 0 Å². The molecule has 1 N–H and O–H groups in total. The quantitative estimate of drug-likeness (QED) is 0.670. The molecule has 0 aromatic carbocycles. The Morgan fingerprint density at radius 2 is 2.45 bits per heavy atom. The summed E-state index contributed by atoms with van der Waals surface area (Å²) in [5.74, 6) is 1.48. The van der Waals surface area contributed by atoms with Crippen LogP contribution in [0.25, 0.3) is 0 Å². The molecular weight excluding hydrogens is 140 g/mol. The first-order valence-electron chi connectivity index (χ1n) is 4.53. The van der Waals surface area contributed by atoms with Crippen molar-refractivity contribution in [3.05, 3.63) is 0 Å². The van der Waals surface area contributed by atoms with Crippen LogP contribution in [-0.2, 0) is 4.74 Å². The summed E-state index contributed by atoms with van der Waals surface area (Å²) in [6, 6.07) is 0. The van der Waals surface area contributed by atoms with Crippen LogP contribution in [0.1, 0.15) is 26.2 Å². The summed E-state index contributed by atoms with van der Waals surface area (Å²) in [5, 5.41) is 8.63. The second-order valence-electron chi connectivity index (χ2n) is 3.47. The smallest absolute Gasteiger partial charge is 0.0497 e. The van der Waals surface area contributed by atoms with Crippen molar-refractivity contribution in [3.63, 3.8) is 0 Å². The molecule has 2 nitrogen and oxygen atoms in total. The monoisotopic (exact) mass is 158 g/mol. The normalized spacial score (nSPS) is 27.3. The minimum atomic E-state index is 0.331. The predicted molar refractivity (Wildman–Crippen MR) is 44.4 cm³/mol. The molecule has 2 unspecified atom stereocenters. The summed E-state index contributed by atoms with van der Waals surface area (Å²) in [4.78, 5) is 0. The van der Waals surface area contributed by atoms with Crippen LogP contribution in [0.4, 0.5) is 0 Å². The van der Waals surface area contributed by atoms with E-state index in [0.717, 1.165) is 37.9 Å². The zero-order chi connectivity index (χ0) is 8.10. The van der Waals surface area contributed by atoms with Gasteiger partial charge in [0.05, 0.1) is 0 Å². The Morgan fingerprint density at radius 1 is 1.64 bits per heavy atom. The van der Waals surface area contributed by atoms with Gasteiger partial charge in [0.2, 0.25) is 0 Å². The minimum Gasteiger partial charge on any atom is -0.396 e. The molecule has 0 bridgehead atoms. The van der Waals surface area contributed by atoms with Crippen LogP contribution in [-0.4, -0.2) is 24.9 Å². The van der Waals surface area contributed by atoms with Gasteiger partial charge < -0.3 is 9.84 Å². The van der Waals surface area contributed by atoms with Gasteiger partial charge in [-0.15, -0.1) is 0 Å². The van der Waals surface area contributed by atoms with Crippen LogP contribution < -0.4 is 0 Å². The van der Waals surface area contributed by atoms with Gasteiger partial charge in [-0.2, -0.15) is 0 Å². The summed E-state index contributed by atoms with van der Waals surface area (Å²) in [6.07, 6.45) is 3.30. The first-order chi connectivity index (χ1) is 5.34. The molecule has 11 heavy (non-hydrogen) atoms. The van der Waals surface area contributed by atoms with Crippen molar-refractivity contribution in [3.8, 4) is 0 Å². The van der Waals surface area contributed by atoms with E-state index in [2.05, 4.69) is 6.92 Å². The summed E-state index contributed by atoms with van der Waals surface area (Å²) >= 11 is 0. The van der Waals surface area contributed by atoms with E-state index < -0.39 is 0 Å². The van der Waals surface area contributed by atoms with E-state index in [1.165, 1.54) is 6.42 Å². The Bertz CT molecular complexity index is 97.7. The van der Waals surface area contributed by atoms with Gasteiger partial charge in [0.1, 0.15) is 0 Å². The van der Waals surface area contributed by atoms with E-state index in [-0.39, 0.29) is 0 Å². The number of aliphatic hydroxyl groups excluding tert-OH is 1. The lowest BCUT2D eigenvalue weighted by molar-refractivity contribution is 0.169. The van der Waals surface area contributed by atoms with Crippen molar-refractivity contribution in [2.45, 2.75) is 26.2 Å². The van der Waals surface area contributed by atoms with Crippen LogP contribution in [0.5, 0.6) is 0 Å². The summed E-state index contributed by atoms with van der Waals surface area (Å²) in [7, 11) is 0. The lowest BCUT2D eigenvalue weighted by atomic mass is 9.90. The number of hydrogen-bond acceptors (Lipinski definition) is 2. The van der Waals surface area contributed by atoms with Crippen molar-refractivity contribution < 1.29 is 9.84 Å². The molecule has 1 rings (SSSR count). The largest absolute Gasteiger partial charge is 0.396 e. The molecule has 1 saturated heterocycles. The maximum atomic E-state index is 8.63. The number of hydrogen-bond donors (Lipinski definition) is 1. The molecule has 0 radical (unpaired) electrons. The Morgan fingerprint density at radius 3 is 3.00 bits per heavy atom. The highest BCUT2D eigenvalue weighted by Crippen LogP contribution is 2.24. The van der Waals surface area contributed by atoms with Gasteiger partial charge in [0, 0.05) is 19.8 Å². The highest BCUT2D eigenvalue weighted by molar-refractivity contribution is 4.70. The highest BCUT2D eigenvalue weighted by Gasteiger charge is 2.21. The molecule has 0 aromatic rings. The van der Waals surface area contributed by atoms with Crippen LogP contribution in [0, 0.1) is 11.8 Å². The molecule has 0 spiro atoms. The van der Waals surface area contributed by atoms with E-state index >= 15 is 0 Å². The molecule has 0 amide bonds. The molecule has 0 saturated carbocycles. The summed E-state index contributed by atoms with van der Waals surface area (Å²) in [5.41, 5.74) is 0. The molecule has 1 aliphatic heterocycles. The van der Waals surface area contributed by atoms with Crippen LogP contribution in [0.15, 0.2) is 0 Å². The van der Waals surface area contributed by atoms with Crippen molar-refractivity contribution in [1.29, 1.82) is 0 Å². The standard InChI is InChI=1S/C9H18O2/c1-8(3-2-5-10)9-4-6-11-7-9/h8-10H,2-7H2,1H3. The van der Waals surface area contributed by atoms with Crippen LogP contribution in [0.3, 0.4) is 0 Å². The fraction of sp³-hybridized carbons (Fsp3) is 1.00. The average Bonchev–Trinajstić information content (AvgIpc) is 2.52. The third-order valence-electron chi connectivity index (χ3n) is 2.59. The average molecular weight is 158 g/mol. The fourth-order valence-electron chi connectivity index (χ4n) is 1.65. The maximum Gasteiger partial charge on any atom is 0.0497 e. The van der Waals surface area contributed by atoms with Gasteiger partial charge in [0.15, 0.2) is 0 Å². The highest BCUT2D eigenvalue weighted by atomic mass is 16.5. The maximum absolute atomic E-state index is 8.63. The van der Waals surface area contributed by atoms with Crippen molar-refractivity contribution in [2.24, 2.45) is 11.8 Å². The molecule has 0 aliphatic carbocycles. The second kappa shape index (κ2) is 4.73. The van der Waals surface area contributed by atoms with Gasteiger partial charge in [-0.25, -0.2) is 0 Å². The number of ether oxygens (including phenoxy) is 1. The molecule has 1 heterocycles. The number of rotatable bonds is 4. The summed E-state index contributed by atoms with van der Waals surface area (Å²) in [6.45, 7) is 4.47. The van der Waals surface area contributed by atoms with Gasteiger partial charge in [-0.1, -0.05) is 6.92 Å². The zero-order valence-electron chi connectivity index (χ0n) is 7.25. The van der Waals surface area contributed by atoms with Crippen molar-refractivity contribution in [1.82, 2.24) is 0 Å². The number of aliphatic hydroxyl groups is 1. The van der Waals surface area contributed by atoms with E-state index in [1.54, 1.807) is 0 Å². The fourth-order valence-corrected chi connectivity index (χ4v) is 1.65. The lowest BCUT2D eigenvalue weighted by Gasteiger charge is -2.16. The Kier molecular flexibility index (Phi) is 3.87. The second-order valence-corrected chi connectivity index (χ2v) is 3.47. The molecule has 1 fully saturated rings. The summed E-state index contributed by atoms with van der Waals surface area (Å²) < 4.78 is 5.30. The van der Waals surface area contributed by atoms with Crippen LogP contribution >= 0.6 is 0 Å². The van der Waals surface area contributed by atoms with Crippen LogP contribution in [0.2, 0.25) is 0 Å². The van der Waals surface area contributed by atoms with Gasteiger partial charge in [0.25, 0.3) is 0 Å². The van der Waals surface area contributed by atoms with E-state index in [9.17, 15) is 0 Å². The zero-order valence-corrected chi connectivity index (χ0v) is 7.25. The first kappa shape index (κ1) is 9.01. The van der Waals surface area contributed by atoms with E-state index in [0.29, 0.717) is 6.61 Å². The third-order valence-corrected chi connectivity index (χ3v) is 2.59.